The van der Waals surface area contributed by atoms with Crippen LogP contribution in [0.4, 0.5) is 0 Å². The zero-order valence-electron chi connectivity index (χ0n) is 15.3. The van der Waals surface area contributed by atoms with E-state index in [0.717, 1.165) is 12.5 Å². The van der Waals surface area contributed by atoms with Gasteiger partial charge in [0.1, 0.15) is 0 Å². The molecule has 0 spiro atoms. The van der Waals surface area contributed by atoms with Crippen LogP contribution in [0.25, 0.3) is 0 Å². The molecule has 1 aliphatic heterocycles. The van der Waals surface area contributed by atoms with Gasteiger partial charge in [-0.15, -0.1) is 12.4 Å². The van der Waals surface area contributed by atoms with Crippen molar-refractivity contribution < 1.29 is 4.74 Å². The number of hydrogen-bond acceptors (Lipinski definition) is 2. The SMILES string of the molecule is CCCCCCCCCCCC(CCN(C)C)CC1CO1.Cl. The normalized spacial score (nSPS) is 18.3. The summed E-state index contributed by atoms with van der Waals surface area (Å²) in [7, 11) is 4.37. The molecule has 2 unspecified atom stereocenters. The largest absolute Gasteiger partial charge is 0.373 e. The highest BCUT2D eigenvalue weighted by atomic mass is 35.5. The molecule has 3 heteroatoms. The molecule has 1 fully saturated rings. The predicted octanol–water partition coefficient (Wildman–Crippen LogP) is 5.69. The third-order valence-electron chi connectivity index (χ3n) is 4.70. The van der Waals surface area contributed by atoms with Gasteiger partial charge in [0, 0.05) is 0 Å². The first-order chi connectivity index (χ1) is 10.2. The molecule has 2 atom stereocenters. The second kappa shape index (κ2) is 14.8. The zero-order valence-corrected chi connectivity index (χ0v) is 16.1. The topological polar surface area (TPSA) is 15.8 Å². The van der Waals surface area contributed by atoms with Gasteiger partial charge in [-0.25, -0.2) is 0 Å². The minimum absolute atomic E-state index is 0. The highest BCUT2D eigenvalue weighted by Crippen LogP contribution is 2.26. The van der Waals surface area contributed by atoms with Crippen molar-refractivity contribution >= 4 is 12.4 Å². The summed E-state index contributed by atoms with van der Waals surface area (Å²) in [5.41, 5.74) is 0. The maximum atomic E-state index is 5.42. The lowest BCUT2D eigenvalue weighted by molar-refractivity contribution is 0.290. The van der Waals surface area contributed by atoms with E-state index in [2.05, 4.69) is 25.9 Å². The number of unbranched alkanes of at least 4 members (excludes halogenated alkanes) is 8. The van der Waals surface area contributed by atoms with Gasteiger partial charge in [-0.1, -0.05) is 71.1 Å². The van der Waals surface area contributed by atoms with E-state index in [0.29, 0.717) is 6.10 Å². The lowest BCUT2D eigenvalue weighted by Gasteiger charge is -2.18. The summed E-state index contributed by atoms with van der Waals surface area (Å²) in [5, 5.41) is 0. The Labute approximate surface area is 145 Å². The molecule has 2 nitrogen and oxygen atoms in total. The molecule has 1 heterocycles. The second-order valence-corrected chi connectivity index (χ2v) is 7.27. The van der Waals surface area contributed by atoms with Crippen molar-refractivity contribution in [2.24, 2.45) is 5.92 Å². The maximum absolute atomic E-state index is 5.42. The standard InChI is InChI=1S/C19H39NO.ClH/c1-4-5-6-7-8-9-10-11-12-13-18(14-15-20(2)3)16-19-17-21-19;/h18-19H,4-17H2,1-3H3;1H. The van der Waals surface area contributed by atoms with Crippen LogP contribution in [0.5, 0.6) is 0 Å². The van der Waals surface area contributed by atoms with Crippen LogP contribution in [0.3, 0.4) is 0 Å². The number of ether oxygens (including phenoxy) is 1. The van der Waals surface area contributed by atoms with Gasteiger partial charge < -0.3 is 9.64 Å². The first-order valence-corrected chi connectivity index (χ1v) is 9.48. The van der Waals surface area contributed by atoms with E-state index in [4.69, 9.17) is 4.74 Å². The molecule has 0 saturated carbocycles. The van der Waals surface area contributed by atoms with Crippen LogP contribution in [0, 0.1) is 5.92 Å². The average Bonchev–Trinajstić information content (AvgIpc) is 3.26. The molecule has 1 rings (SSSR count). The molecule has 0 bridgehead atoms. The highest BCUT2D eigenvalue weighted by molar-refractivity contribution is 5.85. The Morgan fingerprint density at radius 2 is 1.45 bits per heavy atom. The molecule has 0 radical (unpaired) electrons. The Kier molecular flexibility index (Phi) is 14.9. The van der Waals surface area contributed by atoms with Crippen LogP contribution in [0.1, 0.15) is 84.0 Å². The van der Waals surface area contributed by atoms with E-state index < -0.39 is 0 Å². The summed E-state index contributed by atoms with van der Waals surface area (Å²) in [6.45, 7) is 4.55. The van der Waals surface area contributed by atoms with Crippen LogP contribution < -0.4 is 0 Å². The molecule has 0 N–H and O–H groups in total. The molecule has 0 aromatic carbocycles. The fourth-order valence-electron chi connectivity index (χ4n) is 3.14. The zero-order chi connectivity index (χ0) is 15.3. The van der Waals surface area contributed by atoms with Crippen LogP contribution in [0.2, 0.25) is 0 Å². The second-order valence-electron chi connectivity index (χ2n) is 7.27. The van der Waals surface area contributed by atoms with E-state index >= 15 is 0 Å². The molecular formula is C19H40ClNO. The van der Waals surface area contributed by atoms with Gasteiger partial charge in [-0.05, 0) is 39.4 Å². The van der Waals surface area contributed by atoms with Crippen molar-refractivity contribution in [3.05, 3.63) is 0 Å². The average molecular weight is 334 g/mol. The minimum atomic E-state index is 0. The van der Waals surface area contributed by atoms with Gasteiger partial charge in [0.15, 0.2) is 0 Å². The molecule has 134 valence electrons. The summed E-state index contributed by atoms with van der Waals surface area (Å²) >= 11 is 0. The van der Waals surface area contributed by atoms with Crippen LogP contribution in [-0.2, 0) is 4.74 Å². The van der Waals surface area contributed by atoms with Crippen LogP contribution in [-0.4, -0.2) is 38.3 Å². The smallest absolute Gasteiger partial charge is 0.0812 e. The van der Waals surface area contributed by atoms with Gasteiger partial charge in [-0.3, -0.25) is 0 Å². The molecule has 0 aromatic heterocycles. The van der Waals surface area contributed by atoms with Crippen molar-refractivity contribution in [3.63, 3.8) is 0 Å². The third-order valence-corrected chi connectivity index (χ3v) is 4.70. The highest BCUT2D eigenvalue weighted by Gasteiger charge is 2.26. The summed E-state index contributed by atoms with van der Waals surface area (Å²) in [6.07, 6.45) is 17.6. The van der Waals surface area contributed by atoms with E-state index in [1.165, 1.54) is 83.6 Å². The molecule has 0 aliphatic carbocycles. The van der Waals surface area contributed by atoms with Crippen LogP contribution in [0.15, 0.2) is 0 Å². The maximum Gasteiger partial charge on any atom is 0.0812 e. The lowest BCUT2D eigenvalue weighted by Crippen LogP contribution is -2.17. The number of hydrogen-bond donors (Lipinski definition) is 0. The number of epoxide rings is 1. The number of rotatable bonds is 15. The number of nitrogens with zero attached hydrogens (tertiary/aromatic N) is 1. The first-order valence-electron chi connectivity index (χ1n) is 9.48. The van der Waals surface area contributed by atoms with Crippen molar-refractivity contribution in [3.8, 4) is 0 Å². The van der Waals surface area contributed by atoms with Gasteiger partial charge in [-0.2, -0.15) is 0 Å². The minimum Gasteiger partial charge on any atom is -0.373 e. The Morgan fingerprint density at radius 3 is 1.95 bits per heavy atom. The summed E-state index contributed by atoms with van der Waals surface area (Å²) in [4.78, 5) is 2.32. The Morgan fingerprint density at radius 1 is 0.909 bits per heavy atom. The molecule has 0 aromatic rings. The van der Waals surface area contributed by atoms with Gasteiger partial charge in [0.05, 0.1) is 12.7 Å². The molecule has 0 amide bonds. The quantitative estimate of drug-likeness (QED) is 0.283. The first kappa shape index (κ1) is 22.2. The summed E-state index contributed by atoms with van der Waals surface area (Å²) in [6, 6.07) is 0. The lowest BCUT2D eigenvalue weighted by atomic mass is 9.92. The van der Waals surface area contributed by atoms with E-state index in [1.807, 2.05) is 0 Å². The Balaban J connectivity index is 0.00000441. The molecular weight excluding hydrogens is 294 g/mol. The van der Waals surface area contributed by atoms with Crippen molar-refractivity contribution in [1.29, 1.82) is 0 Å². The Bertz CT molecular complexity index is 231. The van der Waals surface area contributed by atoms with Gasteiger partial charge >= 0.3 is 0 Å². The molecule has 22 heavy (non-hydrogen) atoms. The van der Waals surface area contributed by atoms with E-state index in [1.54, 1.807) is 0 Å². The predicted molar refractivity (Wildman–Crippen MR) is 100 cm³/mol. The molecule has 1 saturated heterocycles. The third kappa shape index (κ3) is 13.8. The van der Waals surface area contributed by atoms with Crippen molar-refractivity contribution in [2.75, 3.05) is 27.2 Å². The Hall–Kier alpha value is 0.210. The van der Waals surface area contributed by atoms with E-state index in [9.17, 15) is 0 Å². The fraction of sp³-hybridized carbons (Fsp3) is 1.00. The number of halogens is 1. The monoisotopic (exact) mass is 333 g/mol. The van der Waals surface area contributed by atoms with Gasteiger partial charge in [0.2, 0.25) is 0 Å². The van der Waals surface area contributed by atoms with Crippen molar-refractivity contribution in [2.45, 2.75) is 90.1 Å². The van der Waals surface area contributed by atoms with Crippen LogP contribution >= 0.6 is 12.4 Å². The summed E-state index contributed by atoms with van der Waals surface area (Å²) in [5.74, 6) is 0.893. The summed E-state index contributed by atoms with van der Waals surface area (Å²) < 4.78 is 5.42. The molecule has 1 aliphatic rings. The fourth-order valence-corrected chi connectivity index (χ4v) is 3.14. The van der Waals surface area contributed by atoms with Crippen molar-refractivity contribution in [1.82, 2.24) is 4.90 Å². The van der Waals surface area contributed by atoms with E-state index in [-0.39, 0.29) is 12.4 Å². The van der Waals surface area contributed by atoms with Gasteiger partial charge in [0.25, 0.3) is 0 Å².